The van der Waals surface area contributed by atoms with E-state index in [9.17, 15) is 38.9 Å². The maximum atomic E-state index is 13.6. The molecule has 2 saturated heterocycles. The van der Waals surface area contributed by atoms with Gasteiger partial charge in [-0.1, -0.05) is 12.1 Å². The number of nitrogens with zero attached hydrogens (tertiary/aromatic N) is 3. The summed E-state index contributed by atoms with van der Waals surface area (Å²) < 4.78 is 5.34. The van der Waals surface area contributed by atoms with Crippen LogP contribution < -0.4 is 0 Å². The van der Waals surface area contributed by atoms with Gasteiger partial charge in [-0.05, 0) is 81.5 Å². The highest BCUT2D eigenvalue weighted by Gasteiger charge is 2.63. The molecule has 4 amide bonds. The second kappa shape index (κ2) is 10.9. The van der Waals surface area contributed by atoms with Crippen LogP contribution in [0.2, 0.25) is 0 Å². The minimum atomic E-state index is -1.24. The standard InChI is InChI=1S/C32H35N3O9/c36-23(16-4-3-5-21(14-16)35(42)43)15-44-32(41)22(34-30(39)26-19-9-10-20(13-19)27(26)31(34)40)6-1-2-11-33-28(37)24-17-7-8-18(12-17)25(24)29(33)38/h3-5,14,17-20,22,24-27H,1-2,6-13,15H2. The summed E-state index contributed by atoms with van der Waals surface area (Å²) >= 11 is 0. The first kappa shape index (κ1) is 28.8. The summed E-state index contributed by atoms with van der Waals surface area (Å²) in [7, 11) is 0. The molecule has 4 aliphatic carbocycles. The summed E-state index contributed by atoms with van der Waals surface area (Å²) in [5, 5.41) is 11.1. The number of esters is 1. The molecule has 9 atom stereocenters. The van der Waals surface area contributed by atoms with Crippen molar-refractivity contribution in [1.82, 2.24) is 9.80 Å². The lowest BCUT2D eigenvalue weighted by molar-refractivity contribution is -0.384. The summed E-state index contributed by atoms with van der Waals surface area (Å²) in [6.07, 6.45) is 6.37. The number of nitro benzene ring substituents is 1. The van der Waals surface area contributed by atoms with Crippen LogP contribution >= 0.6 is 0 Å². The zero-order valence-corrected chi connectivity index (χ0v) is 24.3. The predicted octanol–water partition coefficient (Wildman–Crippen LogP) is 2.92. The van der Waals surface area contributed by atoms with Crippen molar-refractivity contribution in [2.24, 2.45) is 47.3 Å². The Balaban J connectivity index is 1.02. The molecule has 0 N–H and O–H groups in total. The van der Waals surface area contributed by atoms with Crippen LogP contribution in [0.4, 0.5) is 5.69 Å². The molecule has 0 aromatic heterocycles. The van der Waals surface area contributed by atoms with Crippen LogP contribution in [-0.2, 0) is 28.7 Å². The molecule has 4 bridgehead atoms. The maximum absolute atomic E-state index is 13.6. The number of amides is 4. The molecule has 12 heteroatoms. The van der Waals surface area contributed by atoms with Gasteiger partial charge in [0.1, 0.15) is 6.04 Å². The largest absolute Gasteiger partial charge is 0.456 e. The number of benzene rings is 1. The lowest BCUT2D eigenvalue weighted by Gasteiger charge is -2.26. The number of Topliss-reactive ketones (excluding diaryl/α,β-unsaturated/α-hetero) is 1. The zero-order valence-electron chi connectivity index (χ0n) is 24.3. The van der Waals surface area contributed by atoms with Crippen LogP contribution in [-0.4, -0.2) is 69.3 Å². The Hall–Kier alpha value is -3.96. The van der Waals surface area contributed by atoms with Gasteiger partial charge in [-0.3, -0.25) is 43.9 Å². The van der Waals surface area contributed by atoms with Crippen LogP contribution in [0.5, 0.6) is 0 Å². The van der Waals surface area contributed by atoms with E-state index < -0.39 is 41.2 Å². The normalized spacial score (nSPS) is 33.7. The number of hydrogen-bond donors (Lipinski definition) is 0. The summed E-state index contributed by atoms with van der Waals surface area (Å²) in [5.41, 5.74) is -0.276. The van der Waals surface area contributed by atoms with Crippen molar-refractivity contribution >= 4 is 41.1 Å². The average molecular weight is 606 g/mol. The Kier molecular flexibility index (Phi) is 7.12. The Morgan fingerprint density at radius 2 is 1.39 bits per heavy atom. The fraction of sp³-hybridized carbons (Fsp3) is 0.625. The first-order valence-corrected chi connectivity index (χ1v) is 15.8. The molecule has 232 valence electrons. The molecular formula is C32H35N3O9. The van der Waals surface area contributed by atoms with Crippen LogP contribution in [0.1, 0.15) is 68.1 Å². The number of hydrogen-bond acceptors (Lipinski definition) is 9. The van der Waals surface area contributed by atoms with E-state index in [1.165, 1.54) is 23.1 Å². The number of rotatable bonds is 11. The van der Waals surface area contributed by atoms with Gasteiger partial charge < -0.3 is 4.74 Å². The van der Waals surface area contributed by atoms with Crippen LogP contribution in [0.15, 0.2) is 24.3 Å². The molecule has 2 aliphatic heterocycles. The second-order valence-electron chi connectivity index (χ2n) is 13.5. The average Bonchev–Trinajstić information content (AvgIpc) is 3.87. The van der Waals surface area contributed by atoms with Gasteiger partial charge in [0.05, 0.1) is 28.6 Å². The number of likely N-dealkylation sites (tertiary alicyclic amines) is 2. The summed E-state index contributed by atoms with van der Waals surface area (Å²) in [6.45, 7) is -0.485. The number of ether oxygens (including phenoxy) is 1. The highest BCUT2D eigenvalue weighted by atomic mass is 16.6. The first-order chi connectivity index (χ1) is 21.2. The highest BCUT2D eigenvalue weighted by Crippen LogP contribution is 2.57. The maximum Gasteiger partial charge on any atom is 0.329 e. The van der Waals surface area contributed by atoms with Crippen molar-refractivity contribution in [3.63, 3.8) is 0 Å². The van der Waals surface area contributed by atoms with Crippen molar-refractivity contribution in [2.75, 3.05) is 13.2 Å². The monoisotopic (exact) mass is 605 g/mol. The molecule has 0 spiro atoms. The number of carbonyl (C=O) groups excluding carboxylic acids is 6. The molecule has 4 saturated carbocycles. The third-order valence-corrected chi connectivity index (χ3v) is 11.4. The Morgan fingerprint density at radius 3 is 1.93 bits per heavy atom. The fourth-order valence-corrected chi connectivity index (χ4v) is 9.50. The number of non-ortho nitro benzene ring substituents is 1. The number of fused-ring (bicyclic) bond motifs is 10. The van der Waals surface area contributed by atoms with Gasteiger partial charge >= 0.3 is 5.97 Å². The van der Waals surface area contributed by atoms with E-state index in [1.54, 1.807) is 0 Å². The lowest BCUT2D eigenvalue weighted by Crippen LogP contribution is -2.47. The van der Waals surface area contributed by atoms with Crippen molar-refractivity contribution in [2.45, 2.75) is 63.8 Å². The summed E-state index contributed by atoms with van der Waals surface area (Å²) in [5.74, 6) is -2.93. The van der Waals surface area contributed by atoms with Gasteiger partial charge in [-0.25, -0.2) is 4.79 Å². The molecule has 1 aromatic rings. The van der Waals surface area contributed by atoms with Crippen LogP contribution in [0.25, 0.3) is 0 Å². The van der Waals surface area contributed by atoms with E-state index >= 15 is 0 Å². The SMILES string of the molecule is O=C(COC(=O)C(CCCCN1C(=O)C2C3CCC(C3)C2C1=O)N1C(=O)C2C3CCC(C3)C2C1=O)c1cccc([N+](=O)[O-])c1. The van der Waals surface area contributed by atoms with E-state index in [0.29, 0.717) is 12.8 Å². The highest BCUT2D eigenvalue weighted by molar-refractivity contribution is 6.09. The van der Waals surface area contributed by atoms with Crippen LogP contribution in [0.3, 0.4) is 0 Å². The summed E-state index contributed by atoms with van der Waals surface area (Å²) in [6, 6.07) is 3.84. The number of ketones is 1. The van der Waals surface area contributed by atoms with Crippen molar-refractivity contribution in [1.29, 1.82) is 0 Å². The van der Waals surface area contributed by atoms with E-state index in [1.807, 2.05) is 0 Å². The number of imide groups is 2. The molecule has 6 fully saturated rings. The van der Waals surface area contributed by atoms with Crippen molar-refractivity contribution < 1.29 is 38.4 Å². The second-order valence-corrected chi connectivity index (χ2v) is 13.5. The van der Waals surface area contributed by atoms with Gasteiger partial charge in [0.15, 0.2) is 6.61 Å². The minimum absolute atomic E-state index is 0.00105. The zero-order chi connectivity index (χ0) is 30.9. The Labute approximate surface area is 253 Å². The quantitative estimate of drug-likeness (QED) is 0.0922. The third-order valence-electron chi connectivity index (χ3n) is 11.4. The van der Waals surface area contributed by atoms with Gasteiger partial charge in [-0.2, -0.15) is 0 Å². The predicted molar refractivity (Wildman–Crippen MR) is 150 cm³/mol. The topological polar surface area (TPSA) is 161 Å². The first-order valence-electron chi connectivity index (χ1n) is 15.8. The van der Waals surface area contributed by atoms with Crippen LogP contribution in [0, 0.1) is 57.5 Å². The van der Waals surface area contributed by atoms with Gasteiger partial charge in [0.2, 0.25) is 29.4 Å². The third kappa shape index (κ3) is 4.47. The minimum Gasteiger partial charge on any atom is -0.456 e. The summed E-state index contributed by atoms with van der Waals surface area (Å²) in [4.78, 5) is 92.4. The number of nitro groups is 1. The van der Waals surface area contributed by atoms with E-state index in [4.69, 9.17) is 4.74 Å². The molecule has 12 nitrogen and oxygen atoms in total. The molecule has 9 unspecified atom stereocenters. The molecular weight excluding hydrogens is 570 g/mol. The molecule has 1 aromatic carbocycles. The number of unbranched alkanes of at least 4 members (excludes halogenated alkanes) is 1. The molecule has 7 rings (SSSR count). The van der Waals surface area contributed by atoms with Gasteiger partial charge in [-0.15, -0.1) is 0 Å². The number of carbonyl (C=O) groups is 6. The Bertz CT molecular complexity index is 1420. The lowest BCUT2D eigenvalue weighted by atomic mass is 9.81. The molecule has 6 aliphatic rings. The smallest absolute Gasteiger partial charge is 0.329 e. The molecule has 0 radical (unpaired) electrons. The van der Waals surface area contributed by atoms with E-state index in [2.05, 4.69) is 0 Å². The molecule has 2 heterocycles. The Morgan fingerprint density at radius 1 is 0.841 bits per heavy atom. The van der Waals surface area contributed by atoms with Gasteiger partial charge in [0.25, 0.3) is 5.69 Å². The van der Waals surface area contributed by atoms with Crippen molar-refractivity contribution in [3.8, 4) is 0 Å². The van der Waals surface area contributed by atoms with Crippen molar-refractivity contribution in [3.05, 3.63) is 39.9 Å². The molecule has 44 heavy (non-hydrogen) atoms. The van der Waals surface area contributed by atoms with E-state index in [0.717, 1.165) is 49.5 Å². The van der Waals surface area contributed by atoms with Gasteiger partial charge in [0, 0.05) is 24.2 Å². The van der Waals surface area contributed by atoms with E-state index in [-0.39, 0.29) is 83.4 Å². The fourth-order valence-electron chi connectivity index (χ4n) is 9.50.